The Morgan fingerprint density at radius 2 is 1.37 bits per heavy atom. The molecule has 0 amide bonds. The summed E-state index contributed by atoms with van der Waals surface area (Å²) in [7, 11) is 0. The minimum absolute atomic E-state index is 0. The molecule has 8 aromatic rings. The maximum atomic E-state index is 5.00. The van der Waals surface area contributed by atoms with Crippen LogP contribution in [-0.4, -0.2) is 14.5 Å². The monoisotopic (exact) mass is 832 g/mol. The van der Waals surface area contributed by atoms with E-state index in [2.05, 4.69) is 139 Å². The maximum absolute atomic E-state index is 5.00. The van der Waals surface area contributed by atoms with Crippen molar-refractivity contribution in [2.24, 2.45) is 0 Å². The third-order valence-electron chi connectivity index (χ3n) is 8.71. The van der Waals surface area contributed by atoms with Crippen molar-refractivity contribution < 1.29 is 26.0 Å². The van der Waals surface area contributed by atoms with E-state index >= 15 is 0 Å². The Labute approximate surface area is 303 Å². The van der Waals surface area contributed by atoms with Gasteiger partial charge in [0.25, 0.3) is 0 Å². The van der Waals surface area contributed by atoms with Crippen LogP contribution in [0.5, 0.6) is 0 Å². The van der Waals surface area contributed by atoms with Gasteiger partial charge in [-0.25, -0.2) is 4.98 Å². The molecule has 0 radical (unpaired) electrons. The van der Waals surface area contributed by atoms with Gasteiger partial charge < -0.3 is 4.57 Å². The van der Waals surface area contributed by atoms with Crippen LogP contribution in [0.3, 0.4) is 0 Å². The van der Waals surface area contributed by atoms with Crippen molar-refractivity contribution in [2.45, 2.75) is 16.7 Å². The topological polar surface area (TPSA) is 37.1 Å². The van der Waals surface area contributed by atoms with Crippen LogP contribution in [-0.2, 0) is 21.1 Å². The van der Waals surface area contributed by atoms with E-state index in [9.17, 15) is 0 Å². The molecule has 0 atom stereocenters. The zero-order valence-electron chi connectivity index (χ0n) is 26.4. The second-order valence-electron chi connectivity index (χ2n) is 11.7. The van der Waals surface area contributed by atoms with Crippen molar-refractivity contribution in [3.8, 4) is 16.9 Å². The van der Waals surface area contributed by atoms with Gasteiger partial charge in [0.1, 0.15) is 22.9 Å². The van der Waals surface area contributed by atoms with E-state index in [1.165, 1.54) is 16.5 Å². The number of fused-ring (bicyclic) bond motifs is 4. The fraction of sp³-hybridized carbons (Fsp3) is 0.0238. The summed E-state index contributed by atoms with van der Waals surface area (Å²) in [6.07, 6.45) is 1.90. The molecule has 9 rings (SSSR count). The minimum Gasteiger partial charge on any atom is -0.319 e. The summed E-state index contributed by atoms with van der Waals surface area (Å²) in [6, 6.07) is 57.7. The standard InChI is InChI=1S/C42H28N4OS.Pt/c1-29-12-5-6-17-35(29)30-24-25-43-42(26-30)44-38-19-8-7-18-36(38)37-23-22-34(28-41(37)44)48-33-16-11-15-32(27-33)46-40-21-10-9-20-39(40)45(47-46)31-13-3-2-4-14-31;/h2-26H,1H3;/q-2;/p+1. The third kappa shape index (κ3) is 5.62. The Hall–Kier alpha value is -5.13. The number of pyridine rings is 1. The molecule has 6 aromatic carbocycles. The van der Waals surface area contributed by atoms with Crippen LogP contribution < -0.4 is 10.1 Å². The van der Waals surface area contributed by atoms with Gasteiger partial charge in [0.05, 0.1) is 0 Å². The molecule has 1 aliphatic rings. The molecule has 0 aliphatic carbocycles. The smallest absolute Gasteiger partial charge is 0.148 e. The van der Waals surface area contributed by atoms with Crippen LogP contribution in [0, 0.1) is 19.1 Å². The first-order valence-electron chi connectivity index (χ1n) is 15.9. The quantitative estimate of drug-likeness (QED) is 0.124. The van der Waals surface area contributed by atoms with Crippen LogP contribution in [0.25, 0.3) is 38.8 Å². The van der Waals surface area contributed by atoms with Gasteiger partial charge in [-0.15, -0.1) is 50.2 Å². The molecular formula is C42H29N4OPtS-. The molecule has 2 aromatic heterocycles. The van der Waals surface area contributed by atoms with Crippen molar-refractivity contribution >= 4 is 56.3 Å². The number of hydrogen-bond donors (Lipinski definition) is 0. The summed E-state index contributed by atoms with van der Waals surface area (Å²) in [5, 5.41) is 6.26. The number of nitrogens with zero attached hydrogens (tertiary/aromatic N) is 4. The fourth-order valence-corrected chi connectivity index (χ4v) is 7.28. The van der Waals surface area contributed by atoms with E-state index in [0.29, 0.717) is 0 Å². The normalized spacial score (nSPS) is 12.3. The van der Waals surface area contributed by atoms with Crippen molar-refractivity contribution in [3.05, 3.63) is 169 Å². The van der Waals surface area contributed by atoms with Gasteiger partial charge in [-0.1, -0.05) is 83.4 Å². The Morgan fingerprint density at radius 3 is 2.22 bits per heavy atom. The summed E-state index contributed by atoms with van der Waals surface area (Å²) in [4.78, 5) is 11.8. The fourth-order valence-electron chi connectivity index (χ4n) is 6.46. The molecule has 49 heavy (non-hydrogen) atoms. The number of hydrogen-bond acceptors (Lipinski definition) is 4. The first-order valence-corrected chi connectivity index (χ1v) is 16.7. The van der Waals surface area contributed by atoms with Crippen LogP contribution in [0.2, 0.25) is 0 Å². The Kier molecular flexibility index (Phi) is 8.30. The third-order valence-corrected chi connectivity index (χ3v) is 9.62. The molecule has 1 N–H and O–H groups in total. The second kappa shape index (κ2) is 13.1. The van der Waals surface area contributed by atoms with Gasteiger partial charge in [0.15, 0.2) is 0 Å². The van der Waals surface area contributed by atoms with Gasteiger partial charge in [0.2, 0.25) is 0 Å². The SMILES string of the molecule is Cc1ccccc1-c1ccnc(-n2c3[c-]c(Sc4[c-]c(N5[OH+]N(c6ccccc6)c6ccccc65)ccc4)ccc3c3ccccc32)c1.[Pt]. The molecule has 0 fully saturated rings. The number of anilines is 4. The summed E-state index contributed by atoms with van der Waals surface area (Å²) in [6.45, 7) is 2.15. The number of benzene rings is 6. The van der Waals surface area contributed by atoms with E-state index in [-0.39, 0.29) is 21.1 Å². The second-order valence-corrected chi connectivity index (χ2v) is 12.8. The molecule has 1 aliphatic heterocycles. The molecule has 0 saturated carbocycles. The molecule has 0 spiro atoms. The average Bonchev–Trinajstić information content (AvgIpc) is 3.69. The minimum atomic E-state index is 0. The first kappa shape index (κ1) is 31.2. The number of rotatable bonds is 6. The van der Waals surface area contributed by atoms with Gasteiger partial charge in [-0.05, 0) is 71.5 Å². The number of aryl methyl sites for hydroxylation is 1. The Morgan fingerprint density at radius 1 is 0.633 bits per heavy atom. The molecule has 3 heterocycles. The Bertz CT molecular complexity index is 2460. The van der Waals surface area contributed by atoms with Crippen LogP contribution in [0.1, 0.15) is 5.56 Å². The van der Waals surface area contributed by atoms with E-state index < -0.39 is 0 Å². The largest absolute Gasteiger partial charge is 0.319 e. The molecular weight excluding hydrogens is 804 g/mol. The molecule has 0 bridgehead atoms. The van der Waals surface area contributed by atoms with E-state index in [0.717, 1.165) is 60.3 Å². The molecule has 5 nitrogen and oxygen atoms in total. The maximum Gasteiger partial charge on any atom is 0.148 e. The summed E-state index contributed by atoms with van der Waals surface area (Å²) < 4.78 is 2.23. The zero-order valence-corrected chi connectivity index (χ0v) is 29.5. The molecule has 0 unspecified atom stereocenters. The van der Waals surface area contributed by atoms with Crippen molar-refractivity contribution in [1.29, 1.82) is 0 Å². The molecule has 240 valence electrons. The van der Waals surface area contributed by atoms with E-state index in [1.54, 1.807) is 11.8 Å². The predicted molar refractivity (Wildman–Crippen MR) is 196 cm³/mol. The molecule has 7 heteroatoms. The summed E-state index contributed by atoms with van der Waals surface area (Å²) in [5.41, 5.74) is 9.60. The van der Waals surface area contributed by atoms with Crippen molar-refractivity contribution in [3.63, 3.8) is 0 Å². The van der Waals surface area contributed by atoms with Crippen LogP contribution in [0.4, 0.5) is 22.7 Å². The van der Waals surface area contributed by atoms with Gasteiger partial charge in [-0.3, -0.25) is 0 Å². The Balaban J connectivity index is 0.00000348. The molecule has 0 saturated heterocycles. The van der Waals surface area contributed by atoms with Crippen molar-refractivity contribution in [2.75, 3.05) is 10.1 Å². The van der Waals surface area contributed by atoms with E-state index in [4.69, 9.17) is 9.92 Å². The van der Waals surface area contributed by atoms with Crippen LogP contribution in [0.15, 0.2) is 162 Å². The summed E-state index contributed by atoms with van der Waals surface area (Å²) in [5.74, 6) is 0.867. The van der Waals surface area contributed by atoms with E-state index in [1.807, 2.05) is 46.7 Å². The van der Waals surface area contributed by atoms with Gasteiger partial charge in [-0.2, -0.15) is 29.2 Å². The summed E-state index contributed by atoms with van der Waals surface area (Å²) >= 11 is 1.64. The number of para-hydroxylation sites is 4. The van der Waals surface area contributed by atoms with Gasteiger partial charge in [0, 0.05) is 38.5 Å². The van der Waals surface area contributed by atoms with Crippen molar-refractivity contribution in [1.82, 2.24) is 9.55 Å². The number of aromatic nitrogens is 2. The first-order chi connectivity index (χ1) is 23.7. The zero-order chi connectivity index (χ0) is 32.0. The predicted octanol–water partition coefficient (Wildman–Crippen LogP) is 11.0. The van der Waals surface area contributed by atoms with Gasteiger partial charge >= 0.3 is 0 Å². The average molecular weight is 833 g/mol. The van der Waals surface area contributed by atoms with Crippen LogP contribution >= 0.6 is 11.8 Å².